The molecule has 0 aliphatic rings. The number of aromatic nitrogens is 2. The molecule has 0 unspecified atom stereocenters. The fourth-order valence-corrected chi connectivity index (χ4v) is 1.95. The van der Waals surface area contributed by atoms with Crippen LogP contribution in [0.1, 0.15) is 16.7 Å². The molecule has 5 heteroatoms. The Hall–Kier alpha value is -1.81. The fourth-order valence-electron chi connectivity index (χ4n) is 1.77. The van der Waals surface area contributed by atoms with E-state index in [1.54, 1.807) is 7.11 Å². The van der Waals surface area contributed by atoms with Gasteiger partial charge in [-0.1, -0.05) is 29.8 Å². The number of rotatable bonds is 4. The lowest BCUT2D eigenvalue weighted by Crippen LogP contribution is -2.07. The molecule has 100 valence electrons. The van der Waals surface area contributed by atoms with Gasteiger partial charge >= 0.3 is 0 Å². The van der Waals surface area contributed by atoms with Gasteiger partial charge in [0.2, 0.25) is 0 Å². The topological polar surface area (TPSA) is 47.0 Å². The third-order valence-corrected chi connectivity index (χ3v) is 3.46. The summed E-state index contributed by atoms with van der Waals surface area (Å²) in [5.74, 6) is 1.60. The molecule has 0 aliphatic carbocycles. The highest BCUT2D eigenvalue weighted by molar-refractivity contribution is 6.30. The number of halogens is 1. The van der Waals surface area contributed by atoms with Crippen molar-refractivity contribution in [2.75, 3.05) is 12.4 Å². The van der Waals surface area contributed by atoms with E-state index >= 15 is 0 Å². The van der Waals surface area contributed by atoms with Crippen LogP contribution in [0.3, 0.4) is 0 Å². The summed E-state index contributed by atoms with van der Waals surface area (Å²) in [7, 11) is 1.66. The average Bonchev–Trinajstić information content (AvgIpc) is 2.44. The summed E-state index contributed by atoms with van der Waals surface area (Å²) in [6.45, 7) is 4.53. The first-order chi connectivity index (χ1) is 9.13. The Labute approximate surface area is 117 Å². The monoisotopic (exact) mass is 277 g/mol. The second kappa shape index (κ2) is 5.89. The van der Waals surface area contributed by atoms with Gasteiger partial charge in [-0.25, -0.2) is 0 Å². The molecule has 0 radical (unpaired) electrons. The van der Waals surface area contributed by atoms with Crippen LogP contribution in [0.15, 0.2) is 24.3 Å². The van der Waals surface area contributed by atoms with Crippen LogP contribution in [0, 0.1) is 13.8 Å². The van der Waals surface area contributed by atoms with E-state index in [2.05, 4.69) is 15.5 Å². The van der Waals surface area contributed by atoms with Gasteiger partial charge in [-0.2, -0.15) is 0 Å². The van der Waals surface area contributed by atoms with E-state index in [1.165, 1.54) is 0 Å². The zero-order valence-corrected chi connectivity index (χ0v) is 12.0. The molecule has 4 nitrogen and oxygen atoms in total. The Balaban J connectivity index is 2.17. The van der Waals surface area contributed by atoms with Crippen LogP contribution in [-0.2, 0) is 6.54 Å². The Kier molecular flexibility index (Phi) is 4.22. The smallest absolute Gasteiger partial charge is 0.155 e. The lowest BCUT2D eigenvalue weighted by Gasteiger charge is -2.12. The molecule has 2 aromatic rings. The predicted octanol–water partition coefficient (Wildman–Crippen LogP) is 3.37. The number of nitrogens with zero attached hydrogens (tertiary/aromatic N) is 2. The first-order valence-corrected chi connectivity index (χ1v) is 6.36. The third kappa shape index (κ3) is 2.96. The Morgan fingerprint density at radius 2 is 1.89 bits per heavy atom. The van der Waals surface area contributed by atoms with Crippen molar-refractivity contribution in [3.63, 3.8) is 0 Å². The van der Waals surface area contributed by atoms with Crippen LogP contribution in [0.25, 0.3) is 0 Å². The van der Waals surface area contributed by atoms with Crippen LogP contribution >= 0.6 is 11.6 Å². The van der Waals surface area contributed by atoms with E-state index in [-0.39, 0.29) is 0 Å². The summed E-state index contributed by atoms with van der Waals surface area (Å²) in [5, 5.41) is 11.7. The van der Waals surface area contributed by atoms with E-state index in [0.717, 1.165) is 28.3 Å². The number of benzene rings is 1. The predicted molar refractivity (Wildman–Crippen MR) is 76.8 cm³/mol. The molecule has 0 saturated carbocycles. The number of hydrogen-bond donors (Lipinski definition) is 1. The van der Waals surface area contributed by atoms with E-state index in [9.17, 15) is 0 Å². The van der Waals surface area contributed by atoms with Gasteiger partial charge in [-0.3, -0.25) is 0 Å². The highest BCUT2D eigenvalue weighted by Crippen LogP contribution is 2.23. The van der Waals surface area contributed by atoms with Crippen molar-refractivity contribution < 1.29 is 4.74 Å². The lowest BCUT2D eigenvalue weighted by molar-refractivity contribution is 0.410. The van der Waals surface area contributed by atoms with Crippen molar-refractivity contribution in [1.82, 2.24) is 10.2 Å². The summed E-state index contributed by atoms with van der Waals surface area (Å²) in [4.78, 5) is 0. The minimum atomic E-state index is 0.445. The van der Waals surface area contributed by atoms with Crippen LogP contribution in [0.4, 0.5) is 5.82 Å². The van der Waals surface area contributed by atoms with Gasteiger partial charge in [-0.05, 0) is 31.0 Å². The maximum Gasteiger partial charge on any atom is 0.155 e. The van der Waals surface area contributed by atoms with Gasteiger partial charge in [-0.15, -0.1) is 10.2 Å². The maximum absolute atomic E-state index is 5.93. The molecule has 19 heavy (non-hydrogen) atoms. The molecule has 0 atom stereocenters. The van der Waals surface area contributed by atoms with Gasteiger partial charge in [0.05, 0.1) is 7.11 Å². The highest BCUT2D eigenvalue weighted by atomic mass is 35.5. The van der Waals surface area contributed by atoms with Gasteiger partial charge < -0.3 is 10.1 Å². The Morgan fingerprint density at radius 1 is 1.16 bits per heavy atom. The minimum Gasteiger partial charge on any atom is -0.496 e. The maximum atomic E-state index is 5.93. The summed E-state index contributed by atoms with van der Waals surface area (Å²) in [6, 6.07) is 7.87. The summed E-state index contributed by atoms with van der Waals surface area (Å²) >= 11 is 5.93. The summed E-state index contributed by atoms with van der Waals surface area (Å²) in [6.07, 6.45) is 0. The van der Waals surface area contributed by atoms with Gasteiger partial charge in [0.25, 0.3) is 0 Å². The van der Waals surface area contributed by atoms with Crippen LogP contribution in [0.2, 0.25) is 5.15 Å². The molecule has 0 spiro atoms. The number of anilines is 1. The van der Waals surface area contributed by atoms with Crippen molar-refractivity contribution in [3.8, 4) is 5.75 Å². The zero-order valence-electron chi connectivity index (χ0n) is 11.2. The molecule has 0 fully saturated rings. The lowest BCUT2D eigenvalue weighted by atomic mass is 10.1. The molecular formula is C14H16ClN3O. The molecule has 0 saturated heterocycles. The van der Waals surface area contributed by atoms with Crippen molar-refractivity contribution in [3.05, 3.63) is 46.1 Å². The van der Waals surface area contributed by atoms with E-state index < -0.39 is 0 Å². The van der Waals surface area contributed by atoms with E-state index in [0.29, 0.717) is 11.7 Å². The average molecular weight is 278 g/mol. The standard InChI is InChI=1S/C14H16ClN3O/c1-9-10(2)14(18-17-13(9)15)16-8-11-6-4-5-7-12(11)19-3/h4-7H,8H2,1-3H3,(H,16,18). The molecule has 1 N–H and O–H groups in total. The number of hydrogen-bond acceptors (Lipinski definition) is 4. The normalized spacial score (nSPS) is 10.3. The number of nitrogens with one attached hydrogen (secondary N) is 1. The van der Waals surface area contributed by atoms with Crippen molar-refractivity contribution in [2.45, 2.75) is 20.4 Å². The largest absolute Gasteiger partial charge is 0.496 e. The van der Waals surface area contributed by atoms with Crippen LogP contribution in [0.5, 0.6) is 5.75 Å². The van der Waals surface area contributed by atoms with Crippen molar-refractivity contribution >= 4 is 17.4 Å². The molecule has 0 aliphatic heterocycles. The van der Waals surface area contributed by atoms with Gasteiger partial charge in [0.15, 0.2) is 11.0 Å². The SMILES string of the molecule is COc1ccccc1CNc1nnc(Cl)c(C)c1C. The molecule has 1 heterocycles. The van der Waals surface area contributed by atoms with Gasteiger partial charge in [0.1, 0.15) is 5.75 Å². The Bertz CT molecular complexity index is 587. The zero-order chi connectivity index (χ0) is 13.8. The fraction of sp³-hybridized carbons (Fsp3) is 0.286. The summed E-state index contributed by atoms with van der Waals surface area (Å²) < 4.78 is 5.31. The van der Waals surface area contributed by atoms with Gasteiger partial charge in [0, 0.05) is 12.1 Å². The highest BCUT2D eigenvalue weighted by Gasteiger charge is 2.08. The summed E-state index contributed by atoms with van der Waals surface area (Å²) in [5.41, 5.74) is 3.02. The second-order valence-electron chi connectivity index (χ2n) is 4.25. The molecule has 1 aromatic carbocycles. The molecule has 0 amide bonds. The quantitative estimate of drug-likeness (QED) is 0.931. The molecular weight excluding hydrogens is 262 g/mol. The van der Waals surface area contributed by atoms with Crippen molar-refractivity contribution in [2.24, 2.45) is 0 Å². The number of methoxy groups -OCH3 is 1. The first-order valence-electron chi connectivity index (χ1n) is 5.98. The molecule has 1 aromatic heterocycles. The third-order valence-electron chi connectivity index (χ3n) is 3.10. The van der Waals surface area contributed by atoms with Crippen LogP contribution < -0.4 is 10.1 Å². The van der Waals surface area contributed by atoms with E-state index in [4.69, 9.17) is 16.3 Å². The van der Waals surface area contributed by atoms with Crippen LogP contribution in [-0.4, -0.2) is 17.3 Å². The molecule has 0 bridgehead atoms. The number of para-hydroxylation sites is 1. The van der Waals surface area contributed by atoms with E-state index in [1.807, 2.05) is 38.1 Å². The first kappa shape index (κ1) is 13.6. The number of ether oxygens (including phenoxy) is 1. The molecule has 2 rings (SSSR count). The second-order valence-corrected chi connectivity index (χ2v) is 4.61. The Morgan fingerprint density at radius 3 is 2.63 bits per heavy atom. The minimum absolute atomic E-state index is 0.445. The van der Waals surface area contributed by atoms with Crippen molar-refractivity contribution in [1.29, 1.82) is 0 Å².